The summed E-state index contributed by atoms with van der Waals surface area (Å²) in [6.07, 6.45) is 1.06. The third-order valence-electron chi connectivity index (χ3n) is 2.68. The summed E-state index contributed by atoms with van der Waals surface area (Å²) in [5.41, 5.74) is 1.64. The first-order valence-electron chi connectivity index (χ1n) is 7.20. The molecule has 0 amide bonds. The van der Waals surface area contributed by atoms with Crippen molar-refractivity contribution >= 4 is 44.9 Å². The van der Waals surface area contributed by atoms with Crippen molar-refractivity contribution in [1.82, 2.24) is 5.32 Å². The van der Waals surface area contributed by atoms with Crippen LogP contribution in [-0.2, 0) is 9.53 Å². The maximum atomic E-state index is 11.6. The fourth-order valence-electron chi connectivity index (χ4n) is 1.72. The van der Waals surface area contributed by atoms with Crippen LogP contribution in [0.3, 0.4) is 0 Å². The highest BCUT2D eigenvalue weighted by Crippen LogP contribution is 2.19. The van der Waals surface area contributed by atoms with Crippen LogP contribution in [0.25, 0.3) is 0 Å². The number of hydrogen-bond acceptors (Lipinski definition) is 3. The minimum absolute atomic E-state index is 0.184. The summed E-state index contributed by atoms with van der Waals surface area (Å²) in [5.74, 6) is -0.184. The molecule has 4 nitrogen and oxygen atoms in total. The molecule has 0 aromatic heterocycles. The van der Waals surface area contributed by atoms with Crippen LogP contribution in [0.4, 0.5) is 5.69 Å². The Bertz CT molecular complexity index is 541. The third-order valence-corrected chi connectivity index (χ3v) is 3.82. The van der Waals surface area contributed by atoms with Crippen LogP contribution < -0.4 is 10.6 Å². The van der Waals surface area contributed by atoms with E-state index >= 15 is 0 Å². The fraction of sp³-hybridized carbons (Fsp3) is 0.500. The summed E-state index contributed by atoms with van der Waals surface area (Å²) in [4.78, 5) is 11.6. The number of halogens is 1. The summed E-state index contributed by atoms with van der Waals surface area (Å²) >= 11 is 8.69. The summed E-state index contributed by atoms with van der Waals surface area (Å²) < 4.78 is 6.31. The topological polar surface area (TPSA) is 50.4 Å². The second kappa shape index (κ2) is 8.48. The smallest absolute Gasteiger partial charge is 0.306 e. The van der Waals surface area contributed by atoms with Gasteiger partial charge < -0.3 is 15.4 Å². The van der Waals surface area contributed by atoms with E-state index in [1.807, 2.05) is 45.9 Å². The van der Waals surface area contributed by atoms with Gasteiger partial charge in [-0.2, -0.15) is 0 Å². The van der Waals surface area contributed by atoms with Crippen molar-refractivity contribution in [1.29, 1.82) is 0 Å². The van der Waals surface area contributed by atoms with E-state index in [-0.39, 0.29) is 5.97 Å². The third kappa shape index (κ3) is 7.75. The lowest BCUT2D eigenvalue weighted by Crippen LogP contribution is -2.30. The predicted molar refractivity (Wildman–Crippen MR) is 98.2 cm³/mol. The van der Waals surface area contributed by atoms with Gasteiger partial charge in [0.25, 0.3) is 0 Å². The van der Waals surface area contributed by atoms with Gasteiger partial charge in [0.15, 0.2) is 5.11 Å². The summed E-state index contributed by atoms with van der Waals surface area (Å²) in [6.45, 7) is 8.24. The normalized spacial score (nSPS) is 11.0. The standard InChI is InChI=1S/C16H23BrN2O2S/c1-11-10-12(7-8-13(11)17)19-15(22)18-9-5-6-14(20)21-16(2,3)4/h7-8,10H,5-6,9H2,1-4H3,(H2,18,19,22). The number of ether oxygens (including phenoxy) is 1. The van der Waals surface area contributed by atoms with Gasteiger partial charge in [0.2, 0.25) is 0 Å². The van der Waals surface area contributed by atoms with Crippen LogP contribution in [0.1, 0.15) is 39.2 Å². The van der Waals surface area contributed by atoms with Crippen molar-refractivity contribution in [3.8, 4) is 0 Å². The Morgan fingerprint density at radius 2 is 2.05 bits per heavy atom. The number of thiocarbonyl (C=S) groups is 1. The number of hydrogen-bond donors (Lipinski definition) is 2. The molecule has 0 aliphatic carbocycles. The van der Waals surface area contributed by atoms with Crippen molar-refractivity contribution in [3.05, 3.63) is 28.2 Å². The zero-order valence-corrected chi connectivity index (χ0v) is 15.9. The molecule has 6 heteroatoms. The van der Waals surface area contributed by atoms with Gasteiger partial charge in [-0.15, -0.1) is 0 Å². The molecule has 0 atom stereocenters. The molecular formula is C16H23BrN2O2S. The summed E-state index contributed by atoms with van der Waals surface area (Å²) in [7, 11) is 0. The monoisotopic (exact) mass is 386 g/mol. The molecule has 0 aliphatic heterocycles. The minimum atomic E-state index is -0.430. The number of anilines is 1. The van der Waals surface area contributed by atoms with Crippen molar-refractivity contribution in [2.45, 2.75) is 46.1 Å². The molecule has 0 heterocycles. The molecule has 2 N–H and O–H groups in total. The number of esters is 1. The molecule has 0 fully saturated rings. The van der Waals surface area contributed by atoms with Crippen LogP contribution >= 0.6 is 28.1 Å². The van der Waals surface area contributed by atoms with Gasteiger partial charge in [0.05, 0.1) is 0 Å². The molecule has 0 saturated heterocycles. The molecule has 1 rings (SSSR count). The molecule has 0 radical (unpaired) electrons. The van der Waals surface area contributed by atoms with E-state index in [9.17, 15) is 4.79 Å². The van der Waals surface area contributed by atoms with E-state index < -0.39 is 5.60 Å². The highest BCUT2D eigenvalue weighted by molar-refractivity contribution is 9.10. The lowest BCUT2D eigenvalue weighted by atomic mass is 10.2. The highest BCUT2D eigenvalue weighted by Gasteiger charge is 2.15. The zero-order chi connectivity index (χ0) is 16.8. The molecule has 0 unspecified atom stereocenters. The molecular weight excluding hydrogens is 364 g/mol. The summed E-state index contributed by atoms with van der Waals surface area (Å²) in [5, 5.41) is 6.75. The maximum Gasteiger partial charge on any atom is 0.306 e. The van der Waals surface area contributed by atoms with Crippen LogP contribution in [0.15, 0.2) is 22.7 Å². The van der Waals surface area contributed by atoms with Gasteiger partial charge in [-0.25, -0.2) is 0 Å². The SMILES string of the molecule is Cc1cc(NC(=S)NCCCC(=O)OC(C)(C)C)ccc1Br. The second-order valence-corrected chi connectivity index (χ2v) is 7.30. The zero-order valence-electron chi connectivity index (χ0n) is 13.5. The number of carbonyl (C=O) groups is 1. The van der Waals surface area contributed by atoms with Gasteiger partial charge in [-0.05, 0) is 70.1 Å². The first-order chi connectivity index (χ1) is 10.2. The lowest BCUT2D eigenvalue weighted by Gasteiger charge is -2.19. The number of rotatable bonds is 5. The number of nitrogens with one attached hydrogen (secondary N) is 2. The van der Waals surface area contributed by atoms with E-state index in [0.29, 0.717) is 24.5 Å². The maximum absolute atomic E-state index is 11.6. The minimum Gasteiger partial charge on any atom is -0.460 e. The molecule has 0 saturated carbocycles. The van der Waals surface area contributed by atoms with Gasteiger partial charge in [-0.1, -0.05) is 15.9 Å². The van der Waals surface area contributed by atoms with Crippen LogP contribution in [0, 0.1) is 6.92 Å². The molecule has 0 spiro atoms. The Balaban J connectivity index is 2.26. The van der Waals surface area contributed by atoms with Crippen LogP contribution in [0.2, 0.25) is 0 Å². The quantitative estimate of drug-likeness (QED) is 0.451. The molecule has 0 aliphatic rings. The van der Waals surface area contributed by atoms with E-state index in [0.717, 1.165) is 15.7 Å². The van der Waals surface area contributed by atoms with Crippen molar-refractivity contribution in [3.63, 3.8) is 0 Å². The van der Waals surface area contributed by atoms with Gasteiger partial charge >= 0.3 is 5.97 Å². The van der Waals surface area contributed by atoms with Gasteiger partial charge in [-0.3, -0.25) is 4.79 Å². The number of benzene rings is 1. The van der Waals surface area contributed by atoms with E-state index in [1.165, 1.54) is 0 Å². The van der Waals surface area contributed by atoms with E-state index in [1.54, 1.807) is 0 Å². The summed E-state index contributed by atoms with van der Waals surface area (Å²) in [6, 6.07) is 5.94. The molecule has 1 aromatic carbocycles. The largest absolute Gasteiger partial charge is 0.460 e. The number of aryl methyl sites for hydroxylation is 1. The fourth-order valence-corrected chi connectivity index (χ4v) is 2.19. The average molecular weight is 387 g/mol. The Morgan fingerprint density at radius 1 is 1.36 bits per heavy atom. The van der Waals surface area contributed by atoms with Crippen LogP contribution in [-0.4, -0.2) is 23.2 Å². The Labute approximate surface area is 146 Å². The molecule has 0 bridgehead atoms. The highest BCUT2D eigenvalue weighted by atomic mass is 79.9. The molecule has 22 heavy (non-hydrogen) atoms. The van der Waals surface area contributed by atoms with Gasteiger partial charge in [0.1, 0.15) is 5.60 Å². The van der Waals surface area contributed by atoms with E-state index in [4.69, 9.17) is 17.0 Å². The first kappa shape index (κ1) is 18.9. The molecule has 122 valence electrons. The van der Waals surface area contributed by atoms with Crippen molar-refractivity contribution in [2.75, 3.05) is 11.9 Å². The average Bonchev–Trinajstić information content (AvgIpc) is 2.37. The Hall–Kier alpha value is -1.14. The van der Waals surface area contributed by atoms with E-state index in [2.05, 4.69) is 26.6 Å². The lowest BCUT2D eigenvalue weighted by molar-refractivity contribution is -0.154. The first-order valence-corrected chi connectivity index (χ1v) is 8.40. The van der Waals surface area contributed by atoms with Gasteiger partial charge in [0, 0.05) is 23.1 Å². The Kier molecular flexibility index (Phi) is 7.29. The predicted octanol–water partition coefficient (Wildman–Crippen LogP) is 4.17. The van der Waals surface area contributed by atoms with Crippen molar-refractivity contribution < 1.29 is 9.53 Å². The van der Waals surface area contributed by atoms with Crippen molar-refractivity contribution in [2.24, 2.45) is 0 Å². The second-order valence-electron chi connectivity index (χ2n) is 6.03. The number of carbonyl (C=O) groups excluding carboxylic acids is 1. The van der Waals surface area contributed by atoms with Crippen LogP contribution in [0.5, 0.6) is 0 Å². The molecule has 1 aromatic rings. The Morgan fingerprint density at radius 3 is 2.64 bits per heavy atom.